The van der Waals surface area contributed by atoms with Crippen molar-refractivity contribution in [3.8, 4) is 0 Å². The summed E-state index contributed by atoms with van der Waals surface area (Å²) in [6.45, 7) is 11.4. The maximum Gasteiger partial charge on any atom is -0.00202 e. The summed E-state index contributed by atoms with van der Waals surface area (Å²) in [5.74, 6) is 2.76. The van der Waals surface area contributed by atoms with Crippen LogP contribution < -0.4 is 11.5 Å². The number of hydrogen-bond acceptors (Lipinski definition) is 2. The Hall–Kier alpha value is -0.600. The fourth-order valence-corrected chi connectivity index (χ4v) is 6.43. The molecule has 0 aromatic heterocycles. The lowest BCUT2D eigenvalue weighted by molar-refractivity contribution is -0.0474. The lowest BCUT2D eigenvalue weighted by atomic mass is 9.46. The molecular formula is C22H38N2. The van der Waals surface area contributed by atoms with Crippen molar-refractivity contribution in [3.63, 3.8) is 0 Å². The highest BCUT2D eigenvalue weighted by atomic mass is 14.7. The standard InChI is InChI=1S/C22H38N2/c1-15(2)18-12-17-6-7-20-21(3,14-24)9-5-10-22(20,4)19(17)13-16(18)8-11-23/h6,12,15-16,19-20H,5,7-11,13-14,23-24H2,1-4H3. The van der Waals surface area contributed by atoms with Gasteiger partial charge in [-0.15, -0.1) is 0 Å². The van der Waals surface area contributed by atoms with Crippen LogP contribution in [0.5, 0.6) is 0 Å². The molecule has 4 N–H and O–H groups in total. The average Bonchev–Trinajstić information content (AvgIpc) is 2.54. The summed E-state index contributed by atoms with van der Waals surface area (Å²) in [7, 11) is 0. The van der Waals surface area contributed by atoms with Crippen molar-refractivity contribution in [2.75, 3.05) is 13.1 Å². The average molecular weight is 331 g/mol. The van der Waals surface area contributed by atoms with Gasteiger partial charge in [-0.1, -0.05) is 51.8 Å². The van der Waals surface area contributed by atoms with Crippen LogP contribution in [0.1, 0.15) is 66.2 Å². The van der Waals surface area contributed by atoms with Gasteiger partial charge in [0.2, 0.25) is 0 Å². The van der Waals surface area contributed by atoms with E-state index in [1.165, 1.54) is 32.1 Å². The Bertz CT molecular complexity index is 532. The summed E-state index contributed by atoms with van der Waals surface area (Å²) < 4.78 is 0. The van der Waals surface area contributed by atoms with Crippen LogP contribution in [-0.4, -0.2) is 13.1 Å². The lowest BCUT2D eigenvalue weighted by Gasteiger charge is -2.59. The topological polar surface area (TPSA) is 52.0 Å². The van der Waals surface area contributed by atoms with Gasteiger partial charge in [0, 0.05) is 0 Å². The van der Waals surface area contributed by atoms with Crippen LogP contribution in [0, 0.1) is 34.5 Å². The number of nitrogens with two attached hydrogens (primary N) is 2. The van der Waals surface area contributed by atoms with Crippen molar-refractivity contribution < 1.29 is 0 Å². The Kier molecular flexibility index (Phi) is 5.01. The molecule has 3 aliphatic carbocycles. The molecule has 1 saturated carbocycles. The van der Waals surface area contributed by atoms with Gasteiger partial charge in [-0.05, 0) is 85.3 Å². The van der Waals surface area contributed by atoms with Gasteiger partial charge in [-0.2, -0.15) is 0 Å². The van der Waals surface area contributed by atoms with E-state index in [0.29, 0.717) is 28.6 Å². The van der Waals surface area contributed by atoms with Crippen LogP contribution in [0.2, 0.25) is 0 Å². The first-order chi connectivity index (χ1) is 11.4. The third-order valence-electron chi connectivity index (χ3n) is 7.86. The molecule has 0 aromatic rings. The molecule has 2 heteroatoms. The van der Waals surface area contributed by atoms with Crippen LogP contribution in [-0.2, 0) is 0 Å². The highest BCUT2D eigenvalue weighted by Crippen LogP contribution is 2.62. The van der Waals surface area contributed by atoms with Crippen molar-refractivity contribution in [1.29, 1.82) is 0 Å². The van der Waals surface area contributed by atoms with Gasteiger partial charge in [0.25, 0.3) is 0 Å². The van der Waals surface area contributed by atoms with Gasteiger partial charge < -0.3 is 11.5 Å². The second-order valence-corrected chi connectivity index (χ2v) is 9.57. The molecule has 0 amide bonds. The van der Waals surface area contributed by atoms with Gasteiger partial charge in [-0.3, -0.25) is 0 Å². The van der Waals surface area contributed by atoms with Crippen molar-refractivity contribution >= 4 is 0 Å². The Morgan fingerprint density at radius 1 is 1.21 bits per heavy atom. The number of rotatable bonds is 4. The predicted molar refractivity (Wildman–Crippen MR) is 103 cm³/mol. The molecule has 0 bridgehead atoms. The zero-order valence-corrected chi connectivity index (χ0v) is 16.3. The third-order valence-corrected chi connectivity index (χ3v) is 7.86. The zero-order valence-electron chi connectivity index (χ0n) is 16.3. The predicted octanol–water partition coefficient (Wildman–Crippen LogP) is 4.66. The van der Waals surface area contributed by atoms with E-state index in [1.54, 1.807) is 11.1 Å². The fourth-order valence-electron chi connectivity index (χ4n) is 6.43. The van der Waals surface area contributed by atoms with Crippen molar-refractivity contribution in [3.05, 3.63) is 23.3 Å². The van der Waals surface area contributed by atoms with E-state index in [4.69, 9.17) is 11.5 Å². The molecule has 24 heavy (non-hydrogen) atoms. The summed E-state index contributed by atoms with van der Waals surface area (Å²) in [6, 6.07) is 0. The van der Waals surface area contributed by atoms with Crippen molar-refractivity contribution in [2.24, 2.45) is 46.0 Å². The minimum atomic E-state index is 0.320. The smallest absolute Gasteiger partial charge is 0.00202 e. The van der Waals surface area contributed by atoms with Crippen LogP contribution >= 0.6 is 0 Å². The molecule has 5 atom stereocenters. The van der Waals surface area contributed by atoms with Crippen LogP contribution in [0.25, 0.3) is 0 Å². The zero-order chi connectivity index (χ0) is 17.5. The Morgan fingerprint density at radius 2 is 1.96 bits per heavy atom. The minimum absolute atomic E-state index is 0.320. The molecule has 0 saturated heterocycles. The molecule has 3 aliphatic rings. The first kappa shape index (κ1) is 18.2. The molecule has 0 spiro atoms. The van der Waals surface area contributed by atoms with Crippen LogP contribution in [0.15, 0.2) is 23.3 Å². The number of allylic oxidation sites excluding steroid dienone is 4. The molecule has 5 unspecified atom stereocenters. The first-order valence-corrected chi connectivity index (χ1v) is 10.2. The molecule has 0 heterocycles. The van der Waals surface area contributed by atoms with E-state index >= 15 is 0 Å². The molecule has 0 aliphatic heterocycles. The highest BCUT2D eigenvalue weighted by Gasteiger charge is 2.54. The summed E-state index contributed by atoms with van der Waals surface area (Å²) >= 11 is 0. The summed E-state index contributed by atoms with van der Waals surface area (Å²) in [5.41, 5.74) is 16.2. The largest absolute Gasteiger partial charge is 0.330 e. The fraction of sp³-hybridized carbons (Fsp3) is 0.818. The quantitative estimate of drug-likeness (QED) is 0.788. The van der Waals surface area contributed by atoms with Gasteiger partial charge in [0.1, 0.15) is 0 Å². The number of fused-ring (bicyclic) bond motifs is 3. The molecule has 3 rings (SSSR count). The first-order valence-electron chi connectivity index (χ1n) is 10.2. The maximum atomic E-state index is 6.26. The molecular weight excluding hydrogens is 292 g/mol. The Labute approximate surface area is 149 Å². The highest BCUT2D eigenvalue weighted by molar-refractivity contribution is 5.36. The van der Waals surface area contributed by atoms with E-state index in [2.05, 4.69) is 39.8 Å². The van der Waals surface area contributed by atoms with Crippen LogP contribution in [0.3, 0.4) is 0 Å². The van der Waals surface area contributed by atoms with Gasteiger partial charge >= 0.3 is 0 Å². The third kappa shape index (κ3) is 2.80. The number of hydrogen-bond donors (Lipinski definition) is 2. The molecule has 136 valence electrons. The summed E-state index contributed by atoms with van der Waals surface area (Å²) in [6.07, 6.45) is 12.8. The van der Waals surface area contributed by atoms with Gasteiger partial charge in [-0.25, -0.2) is 0 Å². The SMILES string of the molecule is CC(C)C1=CC2=CCC3C(C)(CN)CCCC3(C)C2CC1CCN. The van der Waals surface area contributed by atoms with Crippen molar-refractivity contribution in [1.82, 2.24) is 0 Å². The Balaban J connectivity index is 1.99. The maximum absolute atomic E-state index is 6.26. The van der Waals surface area contributed by atoms with Gasteiger partial charge in [0.05, 0.1) is 0 Å². The molecule has 1 fully saturated rings. The van der Waals surface area contributed by atoms with E-state index < -0.39 is 0 Å². The monoisotopic (exact) mass is 330 g/mol. The van der Waals surface area contributed by atoms with E-state index in [-0.39, 0.29) is 0 Å². The van der Waals surface area contributed by atoms with E-state index in [0.717, 1.165) is 25.4 Å². The lowest BCUT2D eigenvalue weighted by Crippen LogP contribution is -2.53. The van der Waals surface area contributed by atoms with E-state index in [1.807, 2.05) is 0 Å². The normalized spacial score (nSPS) is 42.2. The molecule has 2 nitrogen and oxygen atoms in total. The second kappa shape index (κ2) is 6.61. The molecule has 0 radical (unpaired) electrons. The minimum Gasteiger partial charge on any atom is -0.330 e. The van der Waals surface area contributed by atoms with Gasteiger partial charge in [0.15, 0.2) is 0 Å². The summed E-state index contributed by atoms with van der Waals surface area (Å²) in [4.78, 5) is 0. The Morgan fingerprint density at radius 3 is 2.58 bits per heavy atom. The van der Waals surface area contributed by atoms with E-state index in [9.17, 15) is 0 Å². The van der Waals surface area contributed by atoms with Crippen molar-refractivity contribution in [2.45, 2.75) is 66.2 Å². The van der Waals surface area contributed by atoms with Crippen LogP contribution in [0.4, 0.5) is 0 Å². The molecule has 0 aromatic carbocycles. The second-order valence-electron chi connectivity index (χ2n) is 9.57. The summed E-state index contributed by atoms with van der Waals surface area (Å²) in [5, 5.41) is 0.